The number of nitrogens with zero attached hydrogens (tertiary/aromatic N) is 2. The first-order chi connectivity index (χ1) is 17.3. The zero-order valence-electron chi connectivity index (χ0n) is 20.1. The van der Waals surface area contributed by atoms with Crippen LogP contribution < -0.4 is 19.3 Å². The van der Waals surface area contributed by atoms with Crippen molar-refractivity contribution in [3.05, 3.63) is 76.8 Å². The second-order valence-electron chi connectivity index (χ2n) is 8.34. The van der Waals surface area contributed by atoms with Gasteiger partial charge in [0, 0.05) is 24.5 Å². The van der Waals surface area contributed by atoms with Crippen molar-refractivity contribution in [2.45, 2.75) is 11.8 Å². The highest BCUT2D eigenvalue weighted by atomic mass is 79.9. The summed E-state index contributed by atoms with van der Waals surface area (Å²) in [5.41, 5.74) is 3.01. The van der Waals surface area contributed by atoms with E-state index in [1.807, 2.05) is 43.3 Å². The second-order valence-corrected chi connectivity index (χ2v) is 11.1. The number of rotatable bonds is 8. The number of halogens is 1. The Bertz CT molecular complexity index is 1310. The van der Waals surface area contributed by atoms with Crippen molar-refractivity contribution < 1.29 is 22.7 Å². The van der Waals surface area contributed by atoms with Crippen LogP contribution in [0.1, 0.15) is 5.56 Å². The molecule has 0 aromatic heterocycles. The van der Waals surface area contributed by atoms with Crippen molar-refractivity contribution >= 4 is 48.9 Å². The lowest BCUT2D eigenvalue weighted by atomic mass is 10.2. The second kappa shape index (κ2) is 11.3. The molecule has 3 aromatic carbocycles. The Kier molecular flexibility index (Phi) is 8.17. The van der Waals surface area contributed by atoms with Crippen molar-refractivity contribution in [1.29, 1.82) is 0 Å². The summed E-state index contributed by atoms with van der Waals surface area (Å²) in [7, 11) is -2.55. The van der Waals surface area contributed by atoms with E-state index in [4.69, 9.17) is 9.47 Å². The Balaban J connectivity index is 1.56. The van der Waals surface area contributed by atoms with Gasteiger partial charge < -0.3 is 19.7 Å². The summed E-state index contributed by atoms with van der Waals surface area (Å²) >= 11 is 3.35. The maximum absolute atomic E-state index is 13.6. The molecule has 0 radical (unpaired) electrons. The molecule has 1 saturated heterocycles. The van der Waals surface area contributed by atoms with Gasteiger partial charge in [-0.25, -0.2) is 8.42 Å². The molecule has 0 spiro atoms. The van der Waals surface area contributed by atoms with Gasteiger partial charge in [-0.3, -0.25) is 9.10 Å². The molecule has 0 aliphatic carbocycles. The number of hydrogen-bond donors (Lipinski definition) is 1. The molecule has 8 nitrogen and oxygen atoms in total. The summed E-state index contributed by atoms with van der Waals surface area (Å²) in [4.78, 5) is 15.3. The topological polar surface area (TPSA) is 88.2 Å². The lowest BCUT2D eigenvalue weighted by molar-refractivity contribution is -0.114. The van der Waals surface area contributed by atoms with E-state index in [1.165, 1.54) is 19.2 Å². The monoisotopic (exact) mass is 573 g/mol. The highest BCUT2D eigenvalue weighted by Gasteiger charge is 2.28. The van der Waals surface area contributed by atoms with Gasteiger partial charge in [0.25, 0.3) is 10.0 Å². The number of amides is 1. The molecular weight excluding hydrogens is 546 g/mol. The minimum absolute atomic E-state index is 0.0402. The molecule has 0 saturated carbocycles. The molecule has 1 heterocycles. The van der Waals surface area contributed by atoms with E-state index >= 15 is 0 Å². The van der Waals surface area contributed by atoms with Gasteiger partial charge in [0.1, 0.15) is 12.3 Å². The molecule has 0 atom stereocenters. The minimum atomic E-state index is -4.05. The number of methoxy groups -OCH3 is 1. The number of sulfonamides is 1. The van der Waals surface area contributed by atoms with Crippen molar-refractivity contribution in [2.75, 3.05) is 54.5 Å². The molecule has 0 bridgehead atoms. The van der Waals surface area contributed by atoms with Crippen LogP contribution in [-0.2, 0) is 19.6 Å². The molecule has 10 heteroatoms. The first-order valence-electron chi connectivity index (χ1n) is 11.4. The van der Waals surface area contributed by atoms with E-state index in [0.29, 0.717) is 34.8 Å². The Morgan fingerprint density at radius 2 is 1.72 bits per heavy atom. The summed E-state index contributed by atoms with van der Waals surface area (Å²) in [5, 5.41) is 2.82. The average molecular weight is 574 g/mol. The normalized spacial score (nSPS) is 13.8. The van der Waals surface area contributed by atoms with Crippen LogP contribution >= 0.6 is 15.9 Å². The quantitative estimate of drug-likeness (QED) is 0.428. The van der Waals surface area contributed by atoms with Gasteiger partial charge >= 0.3 is 0 Å². The fraction of sp³-hybridized carbons (Fsp3) is 0.269. The molecule has 1 aliphatic heterocycles. The zero-order valence-corrected chi connectivity index (χ0v) is 22.5. The van der Waals surface area contributed by atoms with Gasteiger partial charge in [0.2, 0.25) is 5.91 Å². The van der Waals surface area contributed by atoms with Crippen LogP contribution in [0.4, 0.5) is 17.1 Å². The lowest BCUT2D eigenvalue weighted by Crippen LogP contribution is -2.38. The molecule has 36 heavy (non-hydrogen) atoms. The molecule has 3 aromatic rings. The first kappa shape index (κ1) is 26.0. The Hall–Kier alpha value is -3.08. The number of ether oxygens (including phenoxy) is 2. The number of morpholine rings is 1. The minimum Gasteiger partial charge on any atom is -0.496 e. The van der Waals surface area contributed by atoms with E-state index < -0.39 is 15.9 Å². The molecule has 1 aliphatic rings. The zero-order chi connectivity index (χ0) is 25.7. The number of carbonyl (C=O) groups excluding carboxylic acids is 1. The fourth-order valence-corrected chi connectivity index (χ4v) is 6.01. The van der Waals surface area contributed by atoms with Crippen LogP contribution in [0.25, 0.3) is 0 Å². The van der Waals surface area contributed by atoms with Gasteiger partial charge in [-0.1, -0.05) is 17.7 Å². The summed E-state index contributed by atoms with van der Waals surface area (Å²) in [6.45, 7) is 4.53. The van der Waals surface area contributed by atoms with Gasteiger partial charge in [-0.2, -0.15) is 0 Å². The number of hydrogen-bond acceptors (Lipinski definition) is 6. The van der Waals surface area contributed by atoms with Crippen LogP contribution in [0.3, 0.4) is 0 Å². The maximum atomic E-state index is 13.6. The fourth-order valence-electron chi connectivity index (χ4n) is 3.87. The van der Waals surface area contributed by atoms with Crippen LogP contribution in [0.5, 0.6) is 5.75 Å². The van der Waals surface area contributed by atoms with Gasteiger partial charge in [-0.15, -0.1) is 0 Å². The molecular formula is C26H28BrN3O5S. The standard InChI is InChI=1S/C26H28BrN3O5S/c1-19-3-7-22(8-4-19)30(36(32,33)23-11-12-25(34-2)24(27)17-23)18-26(31)28-20-5-9-21(10-6-20)29-13-15-35-16-14-29/h3-12,17H,13-16,18H2,1-2H3,(H,28,31). The number of nitrogens with one attached hydrogen (secondary N) is 1. The van der Waals surface area contributed by atoms with Crippen LogP contribution in [-0.4, -0.2) is 54.3 Å². The van der Waals surface area contributed by atoms with Crippen molar-refractivity contribution in [2.24, 2.45) is 0 Å². The van der Waals surface area contributed by atoms with Crippen molar-refractivity contribution in [1.82, 2.24) is 0 Å². The summed E-state index contributed by atoms with van der Waals surface area (Å²) in [6.07, 6.45) is 0. The Labute approximate surface area is 220 Å². The predicted octanol–water partition coefficient (Wildman–Crippen LogP) is 4.44. The van der Waals surface area contributed by atoms with Crippen LogP contribution in [0.2, 0.25) is 0 Å². The van der Waals surface area contributed by atoms with E-state index in [9.17, 15) is 13.2 Å². The third-order valence-corrected chi connectivity index (χ3v) is 8.24. The van der Waals surface area contributed by atoms with Crippen LogP contribution in [0.15, 0.2) is 76.1 Å². The maximum Gasteiger partial charge on any atom is 0.264 e. The number of benzene rings is 3. The molecule has 0 unspecified atom stereocenters. The van der Waals surface area contributed by atoms with Gasteiger partial charge in [0.05, 0.1) is 35.4 Å². The molecule has 1 amide bonds. The number of carbonyl (C=O) groups is 1. The largest absolute Gasteiger partial charge is 0.496 e. The van der Waals surface area contributed by atoms with Gasteiger partial charge in [0.15, 0.2) is 0 Å². The van der Waals surface area contributed by atoms with E-state index in [1.54, 1.807) is 18.2 Å². The molecule has 1 N–H and O–H groups in total. The molecule has 1 fully saturated rings. The van der Waals surface area contributed by atoms with E-state index in [2.05, 4.69) is 26.1 Å². The SMILES string of the molecule is COc1ccc(S(=O)(=O)N(CC(=O)Nc2ccc(N3CCOCC3)cc2)c2ccc(C)cc2)cc1Br. The van der Waals surface area contributed by atoms with Gasteiger partial charge in [-0.05, 0) is 77.5 Å². The number of aryl methyl sites for hydroxylation is 1. The van der Waals surface area contributed by atoms with E-state index in [-0.39, 0.29) is 11.4 Å². The highest BCUT2D eigenvalue weighted by Crippen LogP contribution is 2.31. The Morgan fingerprint density at radius 3 is 2.33 bits per heavy atom. The third kappa shape index (κ3) is 6.00. The molecule has 4 rings (SSSR count). The predicted molar refractivity (Wildman–Crippen MR) is 145 cm³/mol. The first-order valence-corrected chi connectivity index (χ1v) is 13.7. The smallest absolute Gasteiger partial charge is 0.264 e. The highest BCUT2D eigenvalue weighted by molar-refractivity contribution is 9.10. The van der Waals surface area contributed by atoms with Crippen molar-refractivity contribution in [3.63, 3.8) is 0 Å². The summed E-state index contributed by atoms with van der Waals surface area (Å²) in [5.74, 6) is 0.0555. The lowest BCUT2D eigenvalue weighted by Gasteiger charge is -2.29. The average Bonchev–Trinajstić information content (AvgIpc) is 2.89. The third-order valence-electron chi connectivity index (χ3n) is 5.85. The van der Waals surface area contributed by atoms with Crippen molar-refractivity contribution in [3.8, 4) is 5.75 Å². The number of anilines is 3. The Morgan fingerprint density at radius 1 is 1.06 bits per heavy atom. The van der Waals surface area contributed by atoms with E-state index in [0.717, 1.165) is 28.6 Å². The summed E-state index contributed by atoms with van der Waals surface area (Å²) < 4.78 is 39.5. The summed E-state index contributed by atoms with van der Waals surface area (Å²) in [6, 6.07) is 19.0. The van der Waals surface area contributed by atoms with Crippen LogP contribution in [0, 0.1) is 6.92 Å². The molecule has 190 valence electrons.